The van der Waals surface area contributed by atoms with Gasteiger partial charge in [0.05, 0.1) is 11.7 Å². The molecule has 5 heteroatoms. The first-order valence-electron chi connectivity index (χ1n) is 9.62. The SMILES string of the molecule is Cc1[nH]c(-c2ccccc2)nc1C(CN)N1CCN(c2ccccc2)CC1. The first kappa shape index (κ1) is 17.8. The molecule has 1 unspecified atom stereocenters. The van der Waals surface area contributed by atoms with Gasteiger partial charge in [0.1, 0.15) is 5.82 Å². The highest BCUT2D eigenvalue weighted by Crippen LogP contribution is 2.27. The van der Waals surface area contributed by atoms with Crippen molar-refractivity contribution in [3.8, 4) is 11.4 Å². The summed E-state index contributed by atoms with van der Waals surface area (Å²) in [6.07, 6.45) is 0. The number of nitrogens with one attached hydrogen (secondary N) is 1. The number of aryl methyl sites for hydroxylation is 1. The Balaban J connectivity index is 1.49. The lowest BCUT2D eigenvalue weighted by Gasteiger charge is -2.39. The van der Waals surface area contributed by atoms with Crippen molar-refractivity contribution in [2.75, 3.05) is 37.6 Å². The Hall–Kier alpha value is -2.63. The molecule has 4 rings (SSSR count). The second kappa shape index (κ2) is 7.94. The molecule has 2 heterocycles. The first-order valence-corrected chi connectivity index (χ1v) is 9.62. The molecular weight excluding hydrogens is 334 g/mol. The molecule has 1 fully saturated rings. The Kier molecular flexibility index (Phi) is 5.23. The van der Waals surface area contributed by atoms with Crippen LogP contribution in [0.15, 0.2) is 60.7 Å². The summed E-state index contributed by atoms with van der Waals surface area (Å²) in [5.41, 5.74) is 10.8. The van der Waals surface area contributed by atoms with Crippen LogP contribution in [0.4, 0.5) is 5.69 Å². The Labute approximate surface area is 160 Å². The van der Waals surface area contributed by atoms with Gasteiger partial charge in [0.2, 0.25) is 0 Å². The number of rotatable bonds is 5. The summed E-state index contributed by atoms with van der Waals surface area (Å²) < 4.78 is 0. The van der Waals surface area contributed by atoms with E-state index >= 15 is 0 Å². The minimum atomic E-state index is 0.150. The summed E-state index contributed by atoms with van der Waals surface area (Å²) in [5.74, 6) is 0.921. The Morgan fingerprint density at radius 1 is 0.963 bits per heavy atom. The summed E-state index contributed by atoms with van der Waals surface area (Å²) in [4.78, 5) is 13.3. The van der Waals surface area contributed by atoms with Crippen molar-refractivity contribution in [3.05, 3.63) is 72.1 Å². The van der Waals surface area contributed by atoms with Crippen LogP contribution in [0.5, 0.6) is 0 Å². The molecule has 140 valence electrons. The summed E-state index contributed by atoms with van der Waals surface area (Å²) in [7, 11) is 0. The van der Waals surface area contributed by atoms with Crippen LogP contribution < -0.4 is 10.6 Å². The number of anilines is 1. The van der Waals surface area contributed by atoms with Gasteiger partial charge in [-0.05, 0) is 19.1 Å². The normalized spacial score (nSPS) is 16.4. The van der Waals surface area contributed by atoms with E-state index in [1.54, 1.807) is 0 Å². The van der Waals surface area contributed by atoms with Crippen molar-refractivity contribution in [2.24, 2.45) is 5.73 Å². The first-order chi connectivity index (χ1) is 13.3. The van der Waals surface area contributed by atoms with Gasteiger partial charge in [0.15, 0.2) is 0 Å². The zero-order valence-corrected chi connectivity index (χ0v) is 15.8. The van der Waals surface area contributed by atoms with Crippen molar-refractivity contribution in [3.63, 3.8) is 0 Å². The number of aromatic amines is 1. The number of hydrogen-bond donors (Lipinski definition) is 2. The Bertz CT molecular complexity index is 851. The number of aromatic nitrogens is 2. The molecule has 1 aliphatic rings. The van der Waals surface area contributed by atoms with Crippen LogP contribution >= 0.6 is 0 Å². The quantitative estimate of drug-likeness (QED) is 0.733. The fourth-order valence-electron chi connectivity index (χ4n) is 3.90. The van der Waals surface area contributed by atoms with Gasteiger partial charge in [0.25, 0.3) is 0 Å². The van der Waals surface area contributed by atoms with Crippen LogP contribution in [0.1, 0.15) is 17.4 Å². The number of piperazine rings is 1. The van der Waals surface area contributed by atoms with Gasteiger partial charge in [0, 0.05) is 49.7 Å². The summed E-state index contributed by atoms with van der Waals surface area (Å²) >= 11 is 0. The maximum absolute atomic E-state index is 6.19. The molecule has 5 nitrogen and oxygen atoms in total. The third kappa shape index (κ3) is 3.75. The van der Waals surface area contributed by atoms with Crippen molar-refractivity contribution in [1.82, 2.24) is 14.9 Å². The van der Waals surface area contributed by atoms with Crippen LogP contribution in [-0.4, -0.2) is 47.6 Å². The highest BCUT2D eigenvalue weighted by Gasteiger charge is 2.27. The lowest BCUT2D eigenvalue weighted by atomic mass is 10.1. The minimum absolute atomic E-state index is 0.150. The molecule has 27 heavy (non-hydrogen) atoms. The molecule has 1 atom stereocenters. The number of nitrogens with two attached hydrogens (primary N) is 1. The maximum Gasteiger partial charge on any atom is 0.137 e. The number of benzene rings is 2. The van der Waals surface area contributed by atoms with Gasteiger partial charge in [-0.15, -0.1) is 0 Å². The number of nitrogens with zero attached hydrogens (tertiary/aromatic N) is 3. The van der Waals surface area contributed by atoms with Crippen molar-refractivity contribution in [1.29, 1.82) is 0 Å². The molecule has 3 N–H and O–H groups in total. The zero-order chi connectivity index (χ0) is 18.6. The molecule has 0 saturated carbocycles. The van der Waals surface area contributed by atoms with Crippen molar-refractivity contribution >= 4 is 5.69 Å². The molecule has 0 spiro atoms. The zero-order valence-electron chi connectivity index (χ0n) is 15.8. The maximum atomic E-state index is 6.19. The third-order valence-electron chi connectivity index (χ3n) is 5.38. The molecule has 0 aliphatic carbocycles. The van der Waals surface area contributed by atoms with Gasteiger partial charge in [-0.1, -0.05) is 48.5 Å². The molecular formula is C22H27N5. The number of H-pyrrole nitrogens is 1. The lowest BCUT2D eigenvalue weighted by molar-refractivity contribution is 0.186. The Morgan fingerprint density at radius 2 is 1.59 bits per heavy atom. The van der Waals surface area contributed by atoms with Crippen LogP contribution in [0.3, 0.4) is 0 Å². The number of para-hydroxylation sites is 1. The molecule has 1 aliphatic heterocycles. The van der Waals surface area contributed by atoms with E-state index in [-0.39, 0.29) is 6.04 Å². The van der Waals surface area contributed by atoms with Crippen LogP contribution in [0.25, 0.3) is 11.4 Å². The molecule has 2 aromatic carbocycles. The van der Waals surface area contributed by atoms with Gasteiger partial charge in [-0.2, -0.15) is 0 Å². The molecule has 0 amide bonds. The van der Waals surface area contributed by atoms with E-state index in [0.29, 0.717) is 6.54 Å². The molecule has 0 bridgehead atoms. The average Bonchev–Trinajstić information content (AvgIpc) is 3.12. The highest BCUT2D eigenvalue weighted by atomic mass is 15.3. The summed E-state index contributed by atoms with van der Waals surface area (Å²) in [5, 5.41) is 0. The van der Waals surface area contributed by atoms with E-state index < -0.39 is 0 Å². The average molecular weight is 361 g/mol. The van der Waals surface area contributed by atoms with Gasteiger partial charge >= 0.3 is 0 Å². The smallest absolute Gasteiger partial charge is 0.137 e. The van der Waals surface area contributed by atoms with E-state index in [2.05, 4.69) is 64.2 Å². The largest absolute Gasteiger partial charge is 0.369 e. The second-order valence-electron chi connectivity index (χ2n) is 7.07. The van der Waals surface area contributed by atoms with Crippen LogP contribution in [0, 0.1) is 6.92 Å². The monoisotopic (exact) mass is 361 g/mol. The molecule has 0 radical (unpaired) electrons. The van der Waals surface area contributed by atoms with E-state index in [9.17, 15) is 0 Å². The minimum Gasteiger partial charge on any atom is -0.369 e. The molecule has 1 aromatic heterocycles. The highest BCUT2D eigenvalue weighted by molar-refractivity contribution is 5.55. The summed E-state index contributed by atoms with van der Waals surface area (Å²) in [6.45, 7) is 6.67. The third-order valence-corrected chi connectivity index (χ3v) is 5.38. The van der Waals surface area contributed by atoms with Crippen LogP contribution in [0.2, 0.25) is 0 Å². The van der Waals surface area contributed by atoms with Gasteiger partial charge in [-0.25, -0.2) is 4.98 Å². The molecule has 3 aromatic rings. The fourth-order valence-corrected chi connectivity index (χ4v) is 3.90. The van der Waals surface area contributed by atoms with Crippen molar-refractivity contribution < 1.29 is 0 Å². The van der Waals surface area contributed by atoms with E-state index in [1.807, 2.05) is 18.2 Å². The van der Waals surface area contributed by atoms with Crippen LogP contribution in [-0.2, 0) is 0 Å². The van der Waals surface area contributed by atoms with E-state index in [0.717, 1.165) is 49.0 Å². The predicted molar refractivity (Wildman–Crippen MR) is 111 cm³/mol. The van der Waals surface area contributed by atoms with Gasteiger partial charge in [-0.3, -0.25) is 4.90 Å². The molecule has 1 saturated heterocycles. The lowest BCUT2D eigenvalue weighted by Crippen LogP contribution is -2.49. The topological polar surface area (TPSA) is 61.2 Å². The number of hydrogen-bond acceptors (Lipinski definition) is 4. The second-order valence-corrected chi connectivity index (χ2v) is 7.07. The van der Waals surface area contributed by atoms with Gasteiger partial charge < -0.3 is 15.6 Å². The van der Waals surface area contributed by atoms with E-state index in [4.69, 9.17) is 10.7 Å². The predicted octanol–water partition coefficient (Wildman–Crippen LogP) is 3.21. The Morgan fingerprint density at radius 3 is 2.22 bits per heavy atom. The summed E-state index contributed by atoms with van der Waals surface area (Å²) in [6, 6.07) is 21.0. The number of imidazole rings is 1. The standard InChI is InChI=1S/C22H27N5/c1-17-21(25-22(24-17)18-8-4-2-5-9-18)20(16-23)27-14-12-26(13-15-27)19-10-6-3-7-11-19/h2-11,20H,12-16,23H2,1H3,(H,24,25). The van der Waals surface area contributed by atoms with E-state index in [1.165, 1.54) is 5.69 Å². The fraction of sp³-hybridized carbons (Fsp3) is 0.318. The van der Waals surface area contributed by atoms with Crippen molar-refractivity contribution in [2.45, 2.75) is 13.0 Å².